The molecular weight excluding hydrogens is 444 g/mol. The zero-order chi connectivity index (χ0) is 20.5. The van der Waals surface area contributed by atoms with E-state index in [1.54, 1.807) is 6.33 Å². The molecule has 0 aliphatic carbocycles. The molecule has 7 nitrogen and oxygen atoms in total. The maximum atomic E-state index is 12.8. The van der Waals surface area contributed by atoms with Crippen LogP contribution in [0.25, 0.3) is 16.7 Å². The molecule has 5 rings (SSSR count). The highest BCUT2D eigenvalue weighted by atomic mass is 79.9. The predicted octanol–water partition coefficient (Wildman–Crippen LogP) is 3.54. The number of hydrogen-bond donors (Lipinski definition) is 0. The third kappa shape index (κ3) is 3.43. The number of benzene rings is 2. The number of rotatable bonds is 3. The minimum Gasteiger partial charge on any atom is -0.352 e. The van der Waals surface area contributed by atoms with Crippen LogP contribution < -0.4 is 4.90 Å². The number of aromatic nitrogens is 4. The van der Waals surface area contributed by atoms with Crippen LogP contribution in [0.1, 0.15) is 10.4 Å². The van der Waals surface area contributed by atoms with Crippen LogP contribution >= 0.6 is 15.9 Å². The van der Waals surface area contributed by atoms with Crippen LogP contribution in [-0.2, 0) is 0 Å². The Hall–Kier alpha value is -3.26. The molecule has 0 atom stereocenters. The molecule has 1 aliphatic heterocycles. The lowest BCUT2D eigenvalue weighted by Gasteiger charge is -2.35. The quantitative estimate of drug-likeness (QED) is 0.465. The first-order chi connectivity index (χ1) is 14.7. The van der Waals surface area contributed by atoms with Crippen LogP contribution in [0.5, 0.6) is 0 Å². The number of halogens is 1. The Bertz CT molecular complexity index is 1180. The summed E-state index contributed by atoms with van der Waals surface area (Å²) in [7, 11) is 0. The molecule has 2 aromatic heterocycles. The predicted molar refractivity (Wildman–Crippen MR) is 119 cm³/mol. The van der Waals surface area contributed by atoms with E-state index in [2.05, 4.69) is 35.9 Å². The number of para-hydroxylation sites is 1. The van der Waals surface area contributed by atoms with Crippen molar-refractivity contribution >= 4 is 38.7 Å². The molecule has 1 amide bonds. The Labute approximate surface area is 182 Å². The van der Waals surface area contributed by atoms with E-state index in [1.807, 2.05) is 70.4 Å². The molecule has 0 N–H and O–H groups in total. The van der Waals surface area contributed by atoms with Gasteiger partial charge in [-0.3, -0.25) is 4.79 Å². The Kier molecular flexibility index (Phi) is 4.92. The number of carbonyl (C=O) groups excluding carboxylic acids is 1. The second-order valence-corrected chi connectivity index (χ2v) is 8.03. The van der Waals surface area contributed by atoms with Gasteiger partial charge in [-0.05, 0) is 36.4 Å². The van der Waals surface area contributed by atoms with Crippen LogP contribution in [0, 0.1) is 0 Å². The van der Waals surface area contributed by atoms with Gasteiger partial charge >= 0.3 is 0 Å². The summed E-state index contributed by atoms with van der Waals surface area (Å²) < 4.78 is 2.79. The van der Waals surface area contributed by atoms with Crippen LogP contribution in [0.3, 0.4) is 0 Å². The van der Waals surface area contributed by atoms with Crippen LogP contribution in [0.4, 0.5) is 5.82 Å². The van der Waals surface area contributed by atoms with Crippen molar-refractivity contribution in [2.24, 2.45) is 0 Å². The van der Waals surface area contributed by atoms with Crippen molar-refractivity contribution in [2.45, 2.75) is 0 Å². The van der Waals surface area contributed by atoms with Gasteiger partial charge in [0, 0.05) is 36.2 Å². The Morgan fingerprint density at radius 3 is 2.37 bits per heavy atom. The van der Waals surface area contributed by atoms with Gasteiger partial charge in [-0.1, -0.05) is 34.1 Å². The van der Waals surface area contributed by atoms with Gasteiger partial charge in [0.25, 0.3) is 5.91 Å². The Balaban J connectivity index is 1.36. The van der Waals surface area contributed by atoms with E-state index in [1.165, 1.54) is 0 Å². The zero-order valence-electron chi connectivity index (χ0n) is 16.1. The second-order valence-electron chi connectivity index (χ2n) is 7.11. The standard InChI is InChI=1S/C22H19BrN6O/c23-17-8-6-16(7-9-17)22(30)28-12-10-27(11-13-28)20-19-14-26-29(21(19)25-15-24-20)18-4-2-1-3-5-18/h1-9,14-15H,10-13H2. The maximum Gasteiger partial charge on any atom is 0.253 e. The van der Waals surface area contributed by atoms with E-state index in [-0.39, 0.29) is 5.91 Å². The van der Waals surface area contributed by atoms with Gasteiger partial charge in [-0.25, -0.2) is 14.6 Å². The molecule has 8 heteroatoms. The van der Waals surface area contributed by atoms with E-state index in [0.29, 0.717) is 31.7 Å². The van der Waals surface area contributed by atoms with E-state index in [4.69, 9.17) is 0 Å². The largest absolute Gasteiger partial charge is 0.352 e. The first kappa shape index (κ1) is 18.7. The van der Waals surface area contributed by atoms with Gasteiger partial charge in [0.05, 0.1) is 17.3 Å². The van der Waals surface area contributed by atoms with Crippen molar-refractivity contribution in [3.63, 3.8) is 0 Å². The van der Waals surface area contributed by atoms with Gasteiger partial charge in [0.1, 0.15) is 12.1 Å². The summed E-state index contributed by atoms with van der Waals surface area (Å²) in [5, 5.41) is 5.44. The lowest BCUT2D eigenvalue weighted by molar-refractivity contribution is 0.0746. The summed E-state index contributed by atoms with van der Waals surface area (Å²) >= 11 is 3.41. The van der Waals surface area contributed by atoms with Crippen molar-refractivity contribution in [3.8, 4) is 5.69 Å². The summed E-state index contributed by atoms with van der Waals surface area (Å²) in [6.45, 7) is 2.72. The minimum atomic E-state index is 0.0619. The highest BCUT2D eigenvalue weighted by molar-refractivity contribution is 9.10. The van der Waals surface area contributed by atoms with Gasteiger partial charge in [0.2, 0.25) is 0 Å². The fourth-order valence-electron chi connectivity index (χ4n) is 3.74. The van der Waals surface area contributed by atoms with Crippen molar-refractivity contribution in [1.29, 1.82) is 0 Å². The van der Waals surface area contributed by atoms with E-state index in [9.17, 15) is 4.79 Å². The van der Waals surface area contributed by atoms with Gasteiger partial charge in [-0.15, -0.1) is 0 Å². The molecule has 0 radical (unpaired) electrons. The molecule has 0 spiro atoms. The fraction of sp³-hybridized carbons (Fsp3) is 0.182. The summed E-state index contributed by atoms with van der Waals surface area (Å²) in [6.07, 6.45) is 3.40. The molecule has 3 heterocycles. The Morgan fingerprint density at radius 1 is 0.900 bits per heavy atom. The number of hydrogen-bond acceptors (Lipinski definition) is 5. The van der Waals surface area contributed by atoms with Crippen LogP contribution in [0.15, 0.2) is 71.6 Å². The molecule has 0 unspecified atom stereocenters. The maximum absolute atomic E-state index is 12.8. The molecular formula is C22H19BrN6O. The third-order valence-corrected chi connectivity index (χ3v) is 5.83. The van der Waals surface area contributed by atoms with E-state index < -0.39 is 0 Å². The summed E-state index contributed by atoms with van der Waals surface area (Å²) in [6, 6.07) is 17.4. The number of anilines is 1. The molecule has 1 aliphatic rings. The number of amides is 1. The lowest BCUT2D eigenvalue weighted by Crippen LogP contribution is -2.49. The molecule has 4 aromatic rings. The summed E-state index contributed by atoms with van der Waals surface area (Å²) in [4.78, 5) is 25.9. The third-order valence-electron chi connectivity index (χ3n) is 5.30. The molecule has 0 bridgehead atoms. The number of nitrogens with zero attached hydrogens (tertiary/aromatic N) is 6. The first-order valence-electron chi connectivity index (χ1n) is 9.74. The zero-order valence-corrected chi connectivity index (χ0v) is 17.7. The van der Waals surface area contributed by atoms with Crippen molar-refractivity contribution in [1.82, 2.24) is 24.6 Å². The smallest absolute Gasteiger partial charge is 0.253 e. The van der Waals surface area contributed by atoms with Crippen LogP contribution in [-0.4, -0.2) is 56.7 Å². The summed E-state index contributed by atoms with van der Waals surface area (Å²) in [5.74, 6) is 0.921. The van der Waals surface area contributed by atoms with Crippen molar-refractivity contribution in [3.05, 3.63) is 77.2 Å². The topological polar surface area (TPSA) is 67.2 Å². The SMILES string of the molecule is O=C(c1ccc(Br)cc1)N1CCN(c2ncnc3c2cnn3-c2ccccc2)CC1. The van der Waals surface area contributed by atoms with E-state index in [0.717, 1.165) is 27.0 Å². The molecule has 150 valence electrons. The number of fused-ring (bicyclic) bond motifs is 1. The number of piperazine rings is 1. The first-order valence-corrected chi connectivity index (χ1v) is 10.5. The monoisotopic (exact) mass is 462 g/mol. The van der Waals surface area contributed by atoms with Crippen molar-refractivity contribution < 1.29 is 4.79 Å². The van der Waals surface area contributed by atoms with Gasteiger partial charge in [0.15, 0.2) is 5.65 Å². The minimum absolute atomic E-state index is 0.0619. The van der Waals surface area contributed by atoms with Crippen LogP contribution in [0.2, 0.25) is 0 Å². The lowest BCUT2D eigenvalue weighted by atomic mass is 10.2. The van der Waals surface area contributed by atoms with Crippen molar-refractivity contribution in [2.75, 3.05) is 31.1 Å². The molecule has 1 saturated heterocycles. The fourth-order valence-corrected chi connectivity index (χ4v) is 4.00. The highest BCUT2D eigenvalue weighted by Crippen LogP contribution is 2.25. The van der Waals surface area contributed by atoms with Gasteiger partial charge in [-0.2, -0.15) is 5.10 Å². The summed E-state index contributed by atoms with van der Waals surface area (Å²) in [5.41, 5.74) is 2.45. The second kappa shape index (κ2) is 7.87. The average Bonchev–Trinajstić information content (AvgIpc) is 3.24. The van der Waals surface area contributed by atoms with E-state index >= 15 is 0 Å². The van der Waals surface area contributed by atoms with Gasteiger partial charge < -0.3 is 9.80 Å². The average molecular weight is 463 g/mol. The molecule has 30 heavy (non-hydrogen) atoms. The Morgan fingerprint density at radius 2 is 1.63 bits per heavy atom. The highest BCUT2D eigenvalue weighted by Gasteiger charge is 2.24. The molecule has 0 saturated carbocycles. The number of carbonyl (C=O) groups is 1. The molecule has 2 aromatic carbocycles. The molecule has 1 fully saturated rings. The normalized spacial score (nSPS) is 14.3.